The molecule has 10 N–H and O–H groups in total. The van der Waals surface area contributed by atoms with Crippen LogP contribution in [0.4, 0.5) is 0 Å². The Hall–Kier alpha value is -5.30. The van der Waals surface area contributed by atoms with Crippen LogP contribution < -0.4 is 0 Å². The predicted octanol–water partition coefficient (Wildman–Crippen LogP) is -4.22. The molecule has 0 amide bonds. The van der Waals surface area contributed by atoms with Crippen LogP contribution in [0.3, 0.4) is 0 Å². The fourth-order valence-electron chi connectivity index (χ4n) is 0. The van der Waals surface area contributed by atoms with Gasteiger partial charge < -0.3 is 51.1 Å². The van der Waals surface area contributed by atoms with E-state index in [0.717, 1.165) is 0 Å². The van der Waals surface area contributed by atoms with Crippen LogP contribution >= 0.6 is 0 Å². The summed E-state index contributed by atoms with van der Waals surface area (Å²) in [7, 11) is 0. The molecule has 0 aliphatic heterocycles. The Balaban J connectivity index is -0.0000000868. The lowest BCUT2D eigenvalue weighted by Crippen LogP contribution is -2.09. The van der Waals surface area contributed by atoms with Crippen LogP contribution in [0.1, 0.15) is 0 Å². The molecule has 0 bridgehead atoms. The molecule has 0 spiro atoms. The Morgan fingerprint density at radius 1 is 0.200 bits per heavy atom. The number of hydrogen-bond acceptors (Lipinski definition) is 10. The topological polar surface area (TPSA) is 373 Å². The van der Waals surface area contributed by atoms with Crippen molar-refractivity contribution >= 4 is 59.7 Å². The summed E-state index contributed by atoms with van der Waals surface area (Å²) < 4.78 is 0. The zero-order valence-electron chi connectivity index (χ0n) is 13.6. The van der Waals surface area contributed by atoms with E-state index in [1.165, 1.54) is 0 Å². The molecule has 0 saturated heterocycles. The second-order valence-electron chi connectivity index (χ2n) is 3.05. The number of rotatable bonds is 0. The number of aliphatic carboxylic acids is 10. The molecule has 0 aromatic heterocycles. The summed E-state index contributed by atoms with van der Waals surface area (Å²) in [5, 5.41) is 73.9. The zero-order chi connectivity index (χ0) is 25.8. The van der Waals surface area contributed by atoms with Crippen molar-refractivity contribution in [3.05, 3.63) is 0 Å². The van der Waals surface area contributed by atoms with E-state index in [-0.39, 0.29) is 0 Å². The first-order chi connectivity index (χ1) is 13.2. The summed E-state index contributed by atoms with van der Waals surface area (Å²) in [4.78, 5) is 91.0. The van der Waals surface area contributed by atoms with Crippen molar-refractivity contribution in [2.45, 2.75) is 0 Å². The molecule has 30 heavy (non-hydrogen) atoms. The zero-order valence-corrected chi connectivity index (χ0v) is 13.6. The third-order valence-corrected chi connectivity index (χ3v) is 0.915. The summed E-state index contributed by atoms with van der Waals surface area (Å²) in [6.45, 7) is 0. The van der Waals surface area contributed by atoms with Crippen molar-refractivity contribution in [1.29, 1.82) is 0 Å². The highest BCUT2D eigenvalue weighted by Gasteiger charge is 2.05. The van der Waals surface area contributed by atoms with Crippen LogP contribution in [0.25, 0.3) is 0 Å². The van der Waals surface area contributed by atoms with Gasteiger partial charge in [-0.25, -0.2) is 47.9 Å². The Morgan fingerprint density at radius 3 is 0.233 bits per heavy atom. The quantitative estimate of drug-likeness (QED) is 0.156. The molecular weight excluding hydrogens is 440 g/mol. The summed E-state index contributed by atoms with van der Waals surface area (Å²) in [6, 6.07) is 0. The third kappa shape index (κ3) is 49.5. The van der Waals surface area contributed by atoms with Crippen LogP contribution in [-0.4, -0.2) is 111 Å². The average Bonchev–Trinajstić information content (AvgIpc) is 2.56. The van der Waals surface area contributed by atoms with Gasteiger partial charge in [-0.2, -0.15) is 0 Å². The van der Waals surface area contributed by atoms with Gasteiger partial charge >= 0.3 is 59.7 Å². The standard InChI is InChI=1S/5C2H2O4/c5*3-1(4)2(5)6/h5*(H,3,4)(H,5,6). The second kappa shape index (κ2) is 20.0. The maximum atomic E-state index is 9.10. The molecular formula is C10H10O20. The van der Waals surface area contributed by atoms with Crippen molar-refractivity contribution in [1.82, 2.24) is 0 Å². The van der Waals surface area contributed by atoms with Gasteiger partial charge in [-0.15, -0.1) is 0 Å². The van der Waals surface area contributed by atoms with E-state index in [0.29, 0.717) is 0 Å². The monoisotopic (exact) mass is 450 g/mol. The third-order valence-electron chi connectivity index (χ3n) is 0.915. The van der Waals surface area contributed by atoms with E-state index in [1.54, 1.807) is 0 Å². The maximum absolute atomic E-state index is 9.10. The minimum Gasteiger partial charge on any atom is -0.473 e. The highest BCUT2D eigenvalue weighted by atomic mass is 16.5. The smallest absolute Gasteiger partial charge is 0.414 e. The molecule has 0 aromatic rings. The first kappa shape index (κ1) is 35.7. The van der Waals surface area contributed by atoms with Crippen LogP contribution in [0.2, 0.25) is 0 Å². The van der Waals surface area contributed by atoms with Gasteiger partial charge in [-0.1, -0.05) is 0 Å². The van der Waals surface area contributed by atoms with E-state index < -0.39 is 59.7 Å². The fourth-order valence-corrected chi connectivity index (χ4v) is 0. The molecule has 20 heteroatoms. The molecule has 0 saturated carbocycles. The molecule has 170 valence electrons. The van der Waals surface area contributed by atoms with Gasteiger partial charge in [-0.05, 0) is 0 Å². The Labute approximate surface area is 160 Å². The fraction of sp³-hybridized carbons (Fsp3) is 0. The lowest BCUT2D eigenvalue weighted by Gasteiger charge is -1.72. The van der Waals surface area contributed by atoms with Gasteiger partial charge in [-0.3, -0.25) is 0 Å². The van der Waals surface area contributed by atoms with Gasteiger partial charge in [0.1, 0.15) is 0 Å². The van der Waals surface area contributed by atoms with Crippen molar-refractivity contribution in [3.8, 4) is 0 Å². The largest absolute Gasteiger partial charge is 0.473 e. The summed E-state index contributed by atoms with van der Waals surface area (Å²) >= 11 is 0. The normalized spacial score (nSPS) is 7.33. The Bertz CT molecular complexity index is 497. The molecule has 0 radical (unpaired) electrons. The predicted molar refractivity (Wildman–Crippen MR) is 76.4 cm³/mol. The van der Waals surface area contributed by atoms with E-state index in [9.17, 15) is 0 Å². The Morgan fingerprint density at radius 2 is 0.233 bits per heavy atom. The van der Waals surface area contributed by atoms with Crippen LogP contribution in [0, 0.1) is 0 Å². The molecule has 0 aliphatic carbocycles. The van der Waals surface area contributed by atoms with E-state index in [1.807, 2.05) is 0 Å². The molecule has 0 unspecified atom stereocenters. The number of hydrogen-bond donors (Lipinski definition) is 10. The molecule has 0 aromatic carbocycles. The van der Waals surface area contributed by atoms with Gasteiger partial charge in [0.15, 0.2) is 0 Å². The molecule has 0 aliphatic rings. The molecule has 0 fully saturated rings. The summed E-state index contributed by atoms with van der Waals surface area (Å²) in [6.07, 6.45) is 0. The van der Waals surface area contributed by atoms with Gasteiger partial charge in [0.25, 0.3) is 0 Å². The highest BCUT2D eigenvalue weighted by Crippen LogP contribution is 1.58. The minimum atomic E-state index is -1.82. The molecule has 0 heterocycles. The van der Waals surface area contributed by atoms with Crippen molar-refractivity contribution < 1.29 is 99.0 Å². The first-order valence-corrected chi connectivity index (χ1v) is 5.53. The second-order valence-corrected chi connectivity index (χ2v) is 3.05. The maximum Gasteiger partial charge on any atom is 0.414 e. The van der Waals surface area contributed by atoms with Crippen LogP contribution in [-0.2, 0) is 47.9 Å². The minimum absolute atomic E-state index is 1.82. The molecule has 20 nitrogen and oxygen atoms in total. The van der Waals surface area contributed by atoms with Gasteiger partial charge in [0.2, 0.25) is 0 Å². The van der Waals surface area contributed by atoms with Crippen molar-refractivity contribution in [2.75, 3.05) is 0 Å². The lowest BCUT2D eigenvalue weighted by atomic mass is 10.7. The summed E-state index contributed by atoms with van der Waals surface area (Å²) in [5.41, 5.74) is 0. The number of carbonyl (C=O) groups is 10. The number of carboxylic acid groups (broad SMARTS) is 10. The van der Waals surface area contributed by atoms with E-state index >= 15 is 0 Å². The number of carboxylic acids is 10. The van der Waals surface area contributed by atoms with Crippen LogP contribution in [0.5, 0.6) is 0 Å². The molecule has 0 rings (SSSR count). The average molecular weight is 450 g/mol. The van der Waals surface area contributed by atoms with E-state index in [4.69, 9.17) is 99.0 Å². The van der Waals surface area contributed by atoms with Gasteiger partial charge in [0.05, 0.1) is 0 Å². The van der Waals surface area contributed by atoms with E-state index in [2.05, 4.69) is 0 Å². The summed E-state index contributed by atoms with van der Waals surface area (Å²) in [5.74, 6) is -18.2. The van der Waals surface area contributed by atoms with Crippen molar-refractivity contribution in [2.24, 2.45) is 0 Å². The van der Waals surface area contributed by atoms with Gasteiger partial charge in [0, 0.05) is 0 Å². The van der Waals surface area contributed by atoms with Crippen molar-refractivity contribution in [3.63, 3.8) is 0 Å². The van der Waals surface area contributed by atoms with Crippen LogP contribution in [0.15, 0.2) is 0 Å². The SMILES string of the molecule is O=C(O)C(=O)O.O=C(O)C(=O)O.O=C(O)C(=O)O.O=C(O)C(=O)O.O=C(O)C(=O)O. The Kier molecular flexibility index (Phi) is 23.9. The highest BCUT2D eigenvalue weighted by molar-refractivity contribution is 6.28. The molecule has 0 atom stereocenters. The lowest BCUT2D eigenvalue weighted by molar-refractivity contribution is -0.159. The first-order valence-electron chi connectivity index (χ1n) is 5.53.